The molecule has 1 atom stereocenters. The molecule has 1 unspecified atom stereocenters. The van der Waals surface area contributed by atoms with Crippen LogP contribution in [0.3, 0.4) is 0 Å². The van der Waals surface area contributed by atoms with Crippen molar-refractivity contribution in [1.82, 2.24) is 4.98 Å². The lowest BCUT2D eigenvalue weighted by Crippen LogP contribution is -2.06. The van der Waals surface area contributed by atoms with Gasteiger partial charge in [-0.3, -0.25) is 0 Å². The van der Waals surface area contributed by atoms with Crippen molar-refractivity contribution in [2.45, 2.75) is 19.3 Å². The van der Waals surface area contributed by atoms with E-state index in [1.54, 1.807) is 11.3 Å². The van der Waals surface area contributed by atoms with E-state index in [4.69, 9.17) is 0 Å². The summed E-state index contributed by atoms with van der Waals surface area (Å²) in [5, 5.41) is 10.6. The Bertz CT molecular complexity index is 480. The van der Waals surface area contributed by atoms with Crippen LogP contribution in [-0.2, 0) is 6.42 Å². The van der Waals surface area contributed by atoms with Crippen molar-refractivity contribution in [2.24, 2.45) is 0 Å². The van der Waals surface area contributed by atoms with Gasteiger partial charge in [0, 0.05) is 21.5 Å². The van der Waals surface area contributed by atoms with Crippen LogP contribution in [0.15, 0.2) is 34.9 Å². The van der Waals surface area contributed by atoms with Crippen LogP contribution in [0.5, 0.6) is 0 Å². The topological polar surface area (TPSA) is 33.1 Å². The molecule has 2 rings (SSSR count). The summed E-state index contributed by atoms with van der Waals surface area (Å²) in [5.74, 6) is 0.156. The van der Waals surface area contributed by atoms with Gasteiger partial charge in [0.15, 0.2) is 0 Å². The van der Waals surface area contributed by atoms with Gasteiger partial charge in [-0.05, 0) is 31.0 Å². The van der Waals surface area contributed by atoms with Crippen LogP contribution < -0.4 is 0 Å². The minimum atomic E-state index is 0.156. The number of thiazole rings is 1. The normalized spacial score (nSPS) is 12.6. The summed E-state index contributed by atoms with van der Waals surface area (Å²) in [5.41, 5.74) is 1.17. The van der Waals surface area contributed by atoms with Crippen LogP contribution in [0, 0.1) is 6.92 Å². The molecule has 0 radical (unpaired) electrons. The lowest BCUT2D eigenvalue weighted by Gasteiger charge is -2.13. The highest BCUT2D eigenvalue weighted by Crippen LogP contribution is 2.24. The van der Waals surface area contributed by atoms with Crippen molar-refractivity contribution in [3.63, 3.8) is 0 Å². The molecule has 0 aliphatic carbocycles. The van der Waals surface area contributed by atoms with Gasteiger partial charge < -0.3 is 5.11 Å². The third kappa shape index (κ3) is 3.37. The molecular weight excluding hydrogens is 298 g/mol. The fraction of sp³-hybridized carbons (Fsp3) is 0.308. The average Bonchev–Trinajstić information content (AvgIpc) is 2.73. The summed E-state index contributed by atoms with van der Waals surface area (Å²) in [6.45, 7) is 2.17. The van der Waals surface area contributed by atoms with E-state index in [2.05, 4.69) is 33.0 Å². The van der Waals surface area contributed by atoms with E-state index < -0.39 is 0 Å². The number of benzene rings is 1. The van der Waals surface area contributed by atoms with E-state index in [1.165, 1.54) is 10.4 Å². The summed E-state index contributed by atoms with van der Waals surface area (Å²) < 4.78 is 1.06. The van der Waals surface area contributed by atoms with Crippen LogP contribution >= 0.6 is 27.3 Å². The second-order valence-corrected chi connectivity index (χ2v) is 6.22. The Kier molecular flexibility index (Phi) is 4.31. The molecule has 17 heavy (non-hydrogen) atoms. The molecule has 4 heteroatoms. The van der Waals surface area contributed by atoms with Crippen molar-refractivity contribution in [2.75, 3.05) is 6.61 Å². The smallest absolute Gasteiger partial charge is 0.0896 e. The Balaban J connectivity index is 2.13. The van der Waals surface area contributed by atoms with Gasteiger partial charge in [-0.1, -0.05) is 28.1 Å². The first-order valence-corrected chi connectivity index (χ1v) is 7.07. The van der Waals surface area contributed by atoms with Crippen molar-refractivity contribution in [3.05, 3.63) is 50.4 Å². The van der Waals surface area contributed by atoms with Crippen LogP contribution in [0.25, 0.3) is 0 Å². The van der Waals surface area contributed by atoms with Gasteiger partial charge in [-0.15, -0.1) is 11.3 Å². The maximum Gasteiger partial charge on any atom is 0.0896 e. The number of aromatic nitrogens is 1. The summed E-state index contributed by atoms with van der Waals surface area (Å²) in [6.07, 6.45) is 2.76. The zero-order valence-electron chi connectivity index (χ0n) is 9.56. The van der Waals surface area contributed by atoms with Gasteiger partial charge in [-0.2, -0.15) is 0 Å². The number of hydrogen-bond acceptors (Lipinski definition) is 3. The molecule has 0 aliphatic heterocycles. The molecule has 0 fully saturated rings. The van der Waals surface area contributed by atoms with Crippen molar-refractivity contribution in [3.8, 4) is 0 Å². The molecule has 90 valence electrons. The fourth-order valence-electron chi connectivity index (χ4n) is 1.77. The molecule has 0 spiro atoms. The largest absolute Gasteiger partial charge is 0.396 e. The third-order valence-electron chi connectivity index (χ3n) is 2.68. The number of aliphatic hydroxyl groups excluding tert-OH is 1. The van der Waals surface area contributed by atoms with Gasteiger partial charge in [-0.25, -0.2) is 4.98 Å². The Hall–Kier alpha value is -0.710. The number of hydrogen-bond donors (Lipinski definition) is 1. The Morgan fingerprint density at radius 2 is 2.06 bits per heavy atom. The predicted molar refractivity (Wildman–Crippen MR) is 74.5 cm³/mol. The maximum atomic E-state index is 9.49. The molecule has 0 saturated heterocycles. The van der Waals surface area contributed by atoms with Gasteiger partial charge in [0.05, 0.1) is 11.6 Å². The highest BCUT2D eigenvalue weighted by Gasteiger charge is 2.12. The predicted octanol–water partition coefficient (Wildman–Crippen LogP) is 3.53. The number of halogens is 1. The molecule has 1 aromatic heterocycles. The van der Waals surface area contributed by atoms with Crippen molar-refractivity contribution in [1.29, 1.82) is 0 Å². The first-order chi connectivity index (χ1) is 8.19. The van der Waals surface area contributed by atoms with E-state index in [1.807, 2.05) is 25.3 Å². The third-order valence-corrected chi connectivity index (χ3v) is 4.14. The molecule has 1 heterocycles. The summed E-state index contributed by atoms with van der Waals surface area (Å²) >= 11 is 5.11. The van der Waals surface area contributed by atoms with E-state index in [9.17, 15) is 5.11 Å². The second-order valence-electron chi connectivity index (χ2n) is 3.98. The van der Waals surface area contributed by atoms with Gasteiger partial charge in [0.1, 0.15) is 0 Å². The Morgan fingerprint density at radius 3 is 2.59 bits per heavy atom. The SMILES string of the molecule is Cc1ncc(CC(CO)c2ccc(Br)cc2)s1. The number of aryl methyl sites for hydroxylation is 1. The maximum absolute atomic E-state index is 9.49. The molecule has 0 amide bonds. The quantitative estimate of drug-likeness (QED) is 0.937. The Morgan fingerprint density at radius 1 is 1.35 bits per heavy atom. The van der Waals surface area contributed by atoms with Gasteiger partial charge in [0.2, 0.25) is 0 Å². The van der Waals surface area contributed by atoms with Gasteiger partial charge in [0.25, 0.3) is 0 Å². The first-order valence-electron chi connectivity index (χ1n) is 5.46. The number of aliphatic hydroxyl groups is 1. The molecule has 1 N–H and O–H groups in total. The number of rotatable bonds is 4. The summed E-state index contributed by atoms with van der Waals surface area (Å²) in [7, 11) is 0. The van der Waals surface area contributed by atoms with Crippen molar-refractivity contribution < 1.29 is 5.11 Å². The molecule has 0 bridgehead atoms. The summed E-state index contributed by atoms with van der Waals surface area (Å²) in [4.78, 5) is 5.47. The number of nitrogens with zero attached hydrogens (tertiary/aromatic N) is 1. The molecular formula is C13H14BrNOS. The molecule has 2 aromatic rings. The average molecular weight is 312 g/mol. The standard InChI is InChI=1S/C13H14BrNOS/c1-9-15-7-13(17-9)6-11(8-16)10-2-4-12(14)5-3-10/h2-5,7,11,16H,6,8H2,1H3. The van der Waals surface area contributed by atoms with E-state index in [-0.39, 0.29) is 12.5 Å². The lowest BCUT2D eigenvalue weighted by atomic mass is 9.96. The summed E-state index contributed by atoms with van der Waals surface area (Å²) in [6, 6.07) is 8.13. The fourth-order valence-corrected chi connectivity index (χ4v) is 2.90. The van der Waals surface area contributed by atoms with Crippen LogP contribution in [0.2, 0.25) is 0 Å². The molecule has 1 aromatic carbocycles. The highest BCUT2D eigenvalue weighted by molar-refractivity contribution is 9.10. The molecule has 2 nitrogen and oxygen atoms in total. The lowest BCUT2D eigenvalue weighted by molar-refractivity contribution is 0.265. The van der Waals surface area contributed by atoms with Gasteiger partial charge >= 0.3 is 0 Å². The minimum Gasteiger partial charge on any atom is -0.396 e. The highest BCUT2D eigenvalue weighted by atomic mass is 79.9. The van der Waals surface area contributed by atoms with E-state index >= 15 is 0 Å². The van der Waals surface area contributed by atoms with Crippen LogP contribution in [-0.4, -0.2) is 16.7 Å². The zero-order valence-corrected chi connectivity index (χ0v) is 12.0. The van der Waals surface area contributed by atoms with E-state index in [0.717, 1.165) is 15.9 Å². The zero-order chi connectivity index (χ0) is 12.3. The van der Waals surface area contributed by atoms with Crippen molar-refractivity contribution >= 4 is 27.3 Å². The molecule has 0 aliphatic rings. The van der Waals surface area contributed by atoms with E-state index in [0.29, 0.717) is 0 Å². The molecule has 0 saturated carbocycles. The monoisotopic (exact) mass is 311 g/mol. The Labute approximate surface area is 113 Å². The first kappa shape index (κ1) is 12.7. The van der Waals surface area contributed by atoms with Crippen LogP contribution in [0.1, 0.15) is 21.4 Å². The minimum absolute atomic E-state index is 0.156. The van der Waals surface area contributed by atoms with Crippen LogP contribution in [0.4, 0.5) is 0 Å². The second kappa shape index (κ2) is 5.76.